The van der Waals surface area contributed by atoms with Crippen LogP contribution in [0.25, 0.3) is 5.69 Å². The van der Waals surface area contributed by atoms with Crippen LogP contribution < -0.4 is 16.2 Å². The Labute approximate surface area is 219 Å². The van der Waals surface area contributed by atoms with Gasteiger partial charge in [-0.25, -0.2) is 9.55 Å². The molecule has 8 nitrogen and oxygen atoms in total. The van der Waals surface area contributed by atoms with Crippen LogP contribution in [0.3, 0.4) is 0 Å². The predicted octanol–water partition coefficient (Wildman–Crippen LogP) is 4.31. The summed E-state index contributed by atoms with van der Waals surface area (Å²) in [6, 6.07) is 11.3. The Morgan fingerprint density at radius 2 is 1.72 bits per heavy atom. The first-order chi connectivity index (χ1) is 17.1. The highest BCUT2D eigenvalue weighted by molar-refractivity contribution is 6.42. The summed E-state index contributed by atoms with van der Waals surface area (Å²) in [5, 5.41) is 6.52. The summed E-state index contributed by atoms with van der Waals surface area (Å²) in [6.45, 7) is 5.99. The predicted molar refractivity (Wildman–Crippen MR) is 141 cm³/mol. The van der Waals surface area contributed by atoms with E-state index in [1.54, 1.807) is 54.4 Å². The fourth-order valence-corrected chi connectivity index (χ4v) is 4.52. The van der Waals surface area contributed by atoms with Crippen LogP contribution in [-0.2, 0) is 13.0 Å². The molecule has 2 aromatic carbocycles. The number of aromatic nitrogens is 2. The average molecular weight is 528 g/mol. The van der Waals surface area contributed by atoms with E-state index in [4.69, 9.17) is 28.2 Å². The number of hydrogen-bond donors (Lipinski definition) is 2. The van der Waals surface area contributed by atoms with Crippen LogP contribution in [0.2, 0.25) is 10.0 Å². The van der Waals surface area contributed by atoms with E-state index in [9.17, 15) is 14.4 Å². The van der Waals surface area contributed by atoms with Crippen molar-refractivity contribution >= 4 is 41.0 Å². The molecule has 0 aliphatic carbocycles. The summed E-state index contributed by atoms with van der Waals surface area (Å²) in [6.07, 6.45) is 0.354. The molecule has 10 heteroatoms. The van der Waals surface area contributed by atoms with Crippen LogP contribution in [0.15, 0.2) is 47.3 Å². The van der Waals surface area contributed by atoms with Gasteiger partial charge in [0.2, 0.25) is 5.95 Å². The lowest BCUT2D eigenvalue weighted by Gasteiger charge is -2.34. The highest BCUT2D eigenvalue weighted by Crippen LogP contribution is 2.27. The van der Waals surface area contributed by atoms with E-state index in [0.29, 0.717) is 50.5 Å². The standard InChI is InChI=1S/C26H27Cl2N5O3/c1-14(2)30-26-31-22-13-32(24(35)17-7-10-20(27)21(28)12-17)15(3)11-19(22)25(36)33(26)18-8-5-16(6-9-18)23(34)29-4/h5-10,12,14-15H,11,13H2,1-4H3,(H,29,34)(H,30,31)/t15-/m1/s1. The number of halogens is 2. The maximum Gasteiger partial charge on any atom is 0.263 e. The zero-order valence-electron chi connectivity index (χ0n) is 20.4. The van der Waals surface area contributed by atoms with Crippen LogP contribution in [0.1, 0.15) is 52.7 Å². The first kappa shape index (κ1) is 25.7. The fraction of sp³-hybridized carbons (Fsp3) is 0.308. The number of rotatable bonds is 5. The van der Waals surface area contributed by atoms with Gasteiger partial charge in [0.1, 0.15) is 0 Å². The molecule has 0 bridgehead atoms. The van der Waals surface area contributed by atoms with Gasteiger partial charge < -0.3 is 15.5 Å². The number of nitrogens with zero attached hydrogens (tertiary/aromatic N) is 3. The van der Waals surface area contributed by atoms with Gasteiger partial charge in [0.25, 0.3) is 17.4 Å². The minimum absolute atomic E-state index is 0.00259. The second kappa shape index (κ2) is 10.3. The van der Waals surface area contributed by atoms with Gasteiger partial charge in [-0.1, -0.05) is 23.2 Å². The molecule has 4 rings (SSSR count). The lowest BCUT2D eigenvalue weighted by molar-refractivity contribution is 0.0653. The lowest BCUT2D eigenvalue weighted by Crippen LogP contribution is -2.46. The maximum absolute atomic E-state index is 13.7. The minimum Gasteiger partial charge on any atom is -0.355 e. The SMILES string of the molecule is CNC(=O)c1ccc(-n2c(NC(C)C)nc3c(c2=O)C[C@@H](C)N(C(=O)c2ccc(Cl)c(Cl)c2)C3)cc1. The van der Waals surface area contributed by atoms with E-state index in [1.807, 2.05) is 20.8 Å². The molecule has 1 aromatic heterocycles. The summed E-state index contributed by atoms with van der Waals surface area (Å²) in [7, 11) is 1.57. The van der Waals surface area contributed by atoms with Crippen molar-refractivity contribution in [2.24, 2.45) is 0 Å². The Hall–Kier alpha value is -3.36. The van der Waals surface area contributed by atoms with Crippen molar-refractivity contribution in [2.45, 2.75) is 45.8 Å². The summed E-state index contributed by atoms with van der Waals surface area (Å²) in [5.41, 5.74) is 2.41. The average Bonchev–Trinajstić information content (AvgIpc) is 2.85. The van der Waals surface area contributed by atoms with Crippen LogP contribution in [0.5, 0.6) is 0 Å². The molecule has 2 N–H and O–H groups in total. The molecule has 2 heterocycles. The van der Waals surface area contributed by atoms with Crippen molar-refractivity contribution < 1.29 is 9.59 Å². The highest BCUT2D eigenvalue weighted by Gasteiger charge is 2.32. The van der Waals surface area contributed by atoms with Crippen molar-refractivity contribution in [1.29, 1.82) is 0 Å². The molecule has 0 unspecified atom stereocenters. The van der Waals surface area contributed by atoms with Crippen molar-refractivity contribution in [3.8, 4) is 5.69 Å². The van der Waals surface area contributed by atoms with Gasteiger partial charge in [-0.15, -0.1) is 0 Å². The van der Waals surface area contributed by atoms with Gasteiger partial charge >= 0.3 is 0 Å². The topological polar surface area (TPSA) is 96.3 Å². The monoisotopic (exact) mass is 527 g/mol. The summed E-state index contributed by atoms with van der Waals surface area (Å²) < 4.78 is 1.52. The quantitative estimate of drug-likeness (QED) is 0.515. The fourth-order valence-electron chi connectivity index (χ4n) is 4.23. The summed E-state index contributed by atoms with van der Waals surface area (Å²) >= 11 is 12.1. The second-order valence-electron chi connectivity index (χ2n) is 9.04. The molecular formula is C26H27Cl2N5O3. The van der Waals surface area contributed by atoms with Gasteiger partial charge in [-0.3, -0.25) is 14.4 Å². The Morgan fingerprint density at radius 1 is 1.06 bits per heavy atom. The van der Waals surface area contributed by atoms with E-state index >= 15 is 0 Å². The molecule has 2 amide bonds. The number of carbonyl (C=O) groups is 2. The van der Waals surface area contributed by atoms with Crippen molar-refractivity contribution in [3.05, 3.63) is 85.2 Å². The smallest absolute Gasteiger partial charge is 0.263 e. The molecular weight excluding hydrogens is 501 g/mol. The number of hydrogen-bond acceptors (Lipinski definition) is 5. The molecule has 1 aliphatic rings. The molecule has 36 heavy (non-hydrogen) atoms. The molecule has 0 spiro atoms. The van der Waals surface area contributed by atoms with Crippen LogP contribution in [0, 0.1) is 0 Å². The van der Waals surface area contributed by atoms with Crippen molar-refractivity contribution in [1.82, 2.24) is 19.8 Å². The highest BCUT2D eigenvalue weighted by atomic mass is 35.5. The van der Waals surface area contributed by atoms with Gasteiger partial charge in [0.05, 0.1) is 28.0 Å². The number of nitrogens with one attached hydrogen (secondary N) is 2. The number of amides is 2. The normalized spacial score (nSPS) is 15.0. The van der Waals surface area contributed by atoms with E-state index in [2.05, 4.69) is 10.6 Å². The van der Waals surface area contributed by atoms with Crippen molar-refractivity contribution in [2.75, 3.05) is 12.4 Å². The summed E-state index contributed by atoms with van der Waals surface area (Å²) in [4.78, 5) is 45.4. The zero-order valence-corrected chi connectivity index (χ0v) is 21.9. The van der Waals surface area contributed by atoms with Crippen molar-refractivity contribution in [3.63, 3.8) is 0 Å². The van der Waals surface area contributed by atoms with E-state index < -0.39 is 0 Å². The maximum atomic E-state index is 13.7. The van der Waals surface area contributed by atoms with Crippen LogP contribution in [-0.4, -0.2) is 45.4 Å². The third-order valence-corrected chi connectivity index (χ3v) is 6.81. The third kappa shape index (κ3) is 4.96. The minimum atomic E-state index is -0.234. The number of benzene rings is 2. The molecule has 1 atom stereocenters. The second-order valence-corrected chi connectivity index (χ2v) is 9.86. The van der Waals surface area contributed by atoms with Crippen LogP contribution >= 0.6 is 23.2 Å². The van der Waals surface area contributed by atoms with Gasteiger partial charge in [-0.2, -0.15) is 0 Å². The zero-order chi connectivity index (χ0) is 26.1. The Kier molecular flexibility index (Phi) is 7.38. The number of fused-ring (bicyclic) bond motifs is 1. The molecule has 1 aliphatic heterocycles. The first-order valence-electron chi connectivity index (χ1n) is 11.6. The molecule has 3 aromatic rings. The largest absolute Gasteiger partial charge is 0.355 e. The molecule has 0 fully saturated rings. The van der Waals surface area contributed by atoms with E-state index in [1.165, 1.54) is 4.57 Å². The Bertz CT molecular complexity index is 1390. The Morgan fingerprint density at radius 3 is 2.33 bits per heavy atom. The summed E-state index contributed by atoms with van der Waals surface area (Å²) in [5.74, 6) is -0.0441. The third-order valence-electron chi connectivity index (χ3n) is 6.07. The molecule has 0 saturated carbocycles. The first-order valence-corrected chi connectivity index (χ1v) is 12.4. The van der Waals surface area contributed by atoms with Gasteiger partial charge in [-0.05, 0) is 69.7 Å². The molecule has 188 valence electrons. The van der Waals surface area contributed by atoms with Crippen LogP contribution in [0.4, 0.5) is 5.95 Å². The number of anilines is 1. The van der Waals surface area contributed by atoms with E-state index in [-0.39, 0.29) is 36.0 Å². The Balaban J connectivity index is 1.75. The number of carbonyl (C=O) groups excluding carboxylic acids is 2. The van der Waals surface area contributed by atoms with Gasteiger partial charge in [0, 0.05) is 35.8 Å². The molecule has 0 radical (unpaired) electrons. The lowest BCUT2D eigenvalue weighted by atomic mass is 9.98. The molecule has 0 saturated heterocycles. The van der Waals surface area contributed by atoms with E-state index in [0.717, 1.165) is 0 Å². The van der Waals surface area contributed by atoms with Gasteiger partial charge in [0.15, 0.2) is 0 Å².